The Morgan fingerprint density at radius 1 is 0.621 bits per heavy atom. The van der Waals surface area contributed by atoms with Crippen LogP contribution in [0.3, 0.4) is 0 Å². The van der Waals surface area contributed by atoms with E-state index >= 15 is 0 Å². The summed E-state index contributed by atoms with van der Waals surface area (Å²) in [6, 6.07) is 29.8. The number of fused-ring (bicyclic) bond motifs is 2. The average molecular weight is 471 g/mol. The SMILES string of the molecule is CC1=Cc2ccccc2[CH]1[Zr]([CH]1C(C)=Cc2ccccc21)[SiH](C)c1ccccc1. The molecule has 0 bridgehead atoms. The van der Waals surface area contributed by atoms with Gasteiger partial charge in [-0.3, -0.25) is 0 Å². The summed E-state index contributed by atoms with van der Waals surface area (Å²) >= 11 is -2.02. The van der Waals surface area contributed by atoms with Crippen LogP contribution in [0.5, 0.6) is 0 Å². The zero-order chi connectivity index (χ0) is 20.0. The van der Waals surface area contributed by atoms with Crippen molar-refractivity contribution in [1.82, 2.24) is 0 Å². The van der Waals surface area contributed by atoms with Gasteiger partial charge in [-0.2, -0.15) is 0 Å². The van der Waals surface area contributed by atoms with Gasteiger partial charge >= 0.3 is 184 Å². The van der Waals surface area contributed by atoms with Crippen LogP contribution >= 0.6 is 0 Å². The molecule has 2 aliphatic carbocycles. The average Bonchev–Trinajstić information content (AvgIpc) is 3.25. The molecule has 0 aromatic heterocycles. The van der Waals surface area contributed by atoms with E-state index in [1.165, 1.54) is 11.1 Å². The van der Waals surface area contributed by atoms with Gasteiger partial charge in [0.1, 0.15) is 0 Å². The number of rotatable bonds is 4. The summed E-state index contributed by atoms with van der Waals surface area (Å²) < 4.78 is 1.41. The van der Waals surface area contributed by atoms with E-state index in [1.807, 2.05) is 0 Å². The van der Waals surface area contributed by atoms with Crippen LogP contribution in [-0.2, 0) is 20.9 Å². The second-order valence-corrected chi connectivity index (χ2v) is 26.3. The predicted molar refractivity (Wildman–Crippen MR) is 125 cm³/mol. The molecule has 5 rings (SSSR count). The zero-order valence-corrected chi connectivity index (χ0v) is 21.0. The summed E-state index contributed by atoms with van der Waals surface area (Å²) in [4.78, 5) is 0. The van der Waals surface area contributed by atoms with E-state index < -0.39 is 26.8 Å². The summed E-state index contributed by atoms with van der Waals surface area (Å²) in [5.41, 5.74) is 9.41. The second kappa shape index (κ2) is 7.82. The molecular weight excluding hydrogens is 444 g/mol. The van der Waals surface area contributed by atoms with Crippen molar-refractivity contribution in [1.29, 1.82) is 0 Å². The fourth-order valence-corrected chi connectivity index (χ4v) is 31.4. The third-order valence-corrected chi connectivity index (χ3v) is 30.0. The molecule has 0 spiro atoms. The summed E-state index contributed by atoms with van der Waals surface area (Å²) in [5.74, 6) is -1.06. The maximum absolute atomic E-state index is 2.66. The van der Waals surface area contributed by atoms with Crippen molar-refractivity contribution in [3.8, 4) is 0 Å². The minimum absolute atomic E-state index is 0.704. The molecule has 2 heteroatoms. The van der Waals surface area contributed by atoms with Crippen LogP contribution in [0.4, 0.5) is 0 Å². The Balaban J connectivity index is 1.68. The molecule has 0 saturated carbocycles. The van der Waals surface area contributed by atoms with Crippen LogP contribution < -0.4 is 5.19 Å². The topological polar surface area (TPSA) is 0 Å². The van der Waals surface area contributed by atoms with Crippen LogP contribution in [0.25, 0.3) is 12.2 Å². The number of hydrogen-bond acceptors (Lipinski definition) is 0. The van der Waals surface area contributed by atoms with Crippen LogP contribution in [0, 0.1) is 0 Å². The standard InChI is InChI=1S/2C10H9.C7H9Si.Zr/c2*1-8-6-9-4-2-3-5-10(9)7-8;1-8-7-5-3-2-4-6-7;/h2*2-7H,1H3;2-6,8H,1H3;. The molecule has 0 fully saturated rings. The van der Waals surface area contributed by atoms with Crippen LogP contribution in [0.2, 0.25) is 6.55 Å². The summed E-state index contributed by atoms with van der Waals surface area (Å²) in [6.07, 6.45) is 4.96. The van der Waals surface area contributed by atoms with Crippen molar-refractivity contribution in [2.75, 3.05) is 0 Å². The predicted octanol–water partition coefficient (Wildman–Crippen LogP) is 6.18. The Hall–Kier alpha value is -1.76. The number of hydrogen-bond donors (Lipinski definition) is 0. The zero-order valence-electron chi connectivity index (χ0n) is 17.4. The molecule has 143 valence electrons. The van der Waals surface area contributed by atoms with Crippen LogP contribution in [-0.4, -0.2) is 5.92 Å². The van der Waals surface area contributed by atoms with E-state index in [9.17, 15) is 0 Å². The summed E-state index contributed by atoms with van der Waals surface area (Å²) in [7, 11) is 0. The first-order valence-corrected chi connectivity index (χ1v) is 20.0. The van der Waals surface area contributed by atoms with E-state index in [0.29, 0.717) is 7.25 Å². The maximum atomic E-state index is 2.66. The first kappa shape index (κ1) is 19.2. The normalized spacial score (nSPS) is 20.5. The van der Waals surface area contributed by atoms with E-state index in [2.05, 4.69) is 111 Å². The summed E-state index contributed by atoms with van der Waals surface area (Å²) in [6.45, 7) is 7.46. The van der Waals surface area contributed by atoms with Crippen LogP contribution in [0.15, 0.2) is 90.0 Å². The Kier molecular flexibility index (Phi) is 5.18. The minimum atomic E-state index is -2.02. The molecule has 0 N–H and O–H groups in total. The van der Waals surface area contributed by atoms with Crippen molar-refractivity contribution in [2.45, 2.75) is 27.6 Å². The molecule has 0 amide bonds. The van der Waals surface area contributed by atoms with E-state index in [-0.39, 0.29) is 0 Å². The molecule has 0 saturated heterocycles. The third-order valence-electron chi connectivity index (χ3n) is 6.76. The van der Waals surface area contributed by atoms with Crippen molar-refractivity contribution >= 4 is 23.3 Å². The van der Waals surface area contributed by atoms with Gasteiger partial charge in [-0.05, 0) is 0 Å². The number of benzene rings is 3. The number of allylic oxidation sites excluding steroid dienone is 2. The second-order valence-electron chi connectivity index (χ2n) is 8.53. The molecule has 3 aromatic carbocycles. The van der Waals surface area contributed by atoms with Gasteiger partial charge in [0, 0.05) is 0 Å². The van der Waals surface area contributed by atoms with Crippen molar-refractivity contribution in [3.63, 3.8) is 0 Å². The Morgan fingerprint density at radius 3 is 1.59 bits per heavy atom. The van der Waals surface area contributed by atoms with Gasteiger partial charge in [-0.25, -0.2) is 0 Å². The molecule has 3 aromatic rings. The molecule has 0 radical (unpaired) electrons. The molecule has 0 aliphatic heterocycles. The molecule has 0 nitrogen and oxygen atoms in total. The molecule has 0 heterocycles. The van der Waals surface area contributed by atoms with E-state index in [1.54, 1.807) is 27.5 Å². The van der Waals surface area contributed by atoms with Gasteiger partial charge in [0.05, 0.1) is 0 Å². The fourth-order valence-electron chi connectivity index (χ4n) is 5.44. The van der Waals surface area contributed by atoms with Gasteiger partial charge in [0.25, 0.3) is 0 Å². The monoisotopic (exact) mass is 469 g/mol. The van der Waals surface area contributed by atoms with Crippen molar-refractivity contribution in [2.24, 2.45) is 0 Å². The van der Waals surface area contributed by atoms with Gasteiger partial charge in [-0.15, -0.1) is 0 Å². The molecule has 3 atom stereocenters. The fraction of sp³-hybridized carbons (Fsp3) is 0.185. The molecule has 3 unspecified atom stereocenters. The van der Waals surface area contributed by atoms with Gasteiger partial charge in [0.2, 0.25) is 0 Å². The van der Waals surface area contributed by atoms with E-state index in [4.69, 9.17) is 0 Å². The Bertz CT molecular complexity index is 1040. The Morgan fingerprint density at radius 2 is 1.07 bits per heavy atom. The molecule has 29 heavy (non-hydrogen) atoms. The third kappa shape index (κ3) is 3.31. The first-order chi connectivity index (χ1) is 14.1. The van der Waals surface area contributed by atoms with Gasteiger partial charge in [0.15, 0.2) is 0 Å². The first-order valence-electron chi connectivity index (χ1n) is 10.6. The van der Waals surface area contributed by atoms with Crippen molar-refractivity contribution in [3.05, 3.63) is 112 Å². The van der Waals surface area contributed by atoms with Crippen LogP contribution in [0.1, 0.15) is 43.4 Å². The van der Waals surface area contributed by atoms with Crippen molar-refractivity contribution < 1.29 is 20.9 Å². The summed E-state index contributed by atoms with van der Waals surface area (Å²) in [5, 5.41) is 1.66. The quantitative estimate of drug-likeness (QED) is 0.399. The molecular formula is C27H27SiZr. The molecule has 2 aliphatic rings. The van der Waals surface area contributed by atoms with Gasteiger partial charge in [-0.1, -0.05) is 0 Å². The van der Waals surface area contributed by atoms with E-state index in [0.717, 1.165) is 0 Å². The Labute approximate surface area is 183 Å². The van der Waals surface area contributed by atoms with Gasteiger partial charge < -0.3 is 0 Å².